The number of rotatable bonds is 6. The van der Waals surface area contributed by atoms with Gasteiger partial charge in [-0.2, -0.15) is 5.10 Å². The van der Waals surface area contributed by atoms with Crippen molar-refractivity contribution < 1.29 is 4.79 Å². The van der Waals surface area contributed by atoms with Gasteiger partial charge < -0.3 is 15.1 Å². The molecule has 1 aromatic heterocycles. The van der Waals surface area contributed by atoms with Crippen molar-refractivity contribution in [2.75, 3.05) is 52.4 Å². The van der Waals surface area contributed by atoms with E-state index in [-0.39, 0.29) is 30.0 Å². The average Bonchev–Trinajstić information content (AvgIpc) is 3.38. The normalized spacial score (nSPS) is 19.2. The van der Waals surface area contributed by atoms with E-state index >= 15 is 0 Å². The van der Waals surface area contributed by atoms with Crippen LogP contribution in [-0.4, -0.2) is 94.7 Å². The number of hydrogen-bond acceptors (Lipinski definition) is 4. The van der Waals surface area contributed by atoms with Crippen LogP contribution in [-0.2, 0) is 11.3 Å². The van der Waals surface area contributed by atoms with Gasteiger partial charge in [0.2, 0.25) is 5.91 Å². The number of likely N-dealkylation sites (tertiary alicyclic amines) is 1. The molecule has 3 rings (SSSR count). The van der Waals surface area contributed by atoms with Crippen molar-refractivity contribution in [3.63, 3.8) is 0 Å². The molecule has 2 aliphatic heterocycles. The molecule has 2 aliphatic rings. The molecule has 1 unspecified atom stereocenters. The van der Waals surface area contributed by atoms with Gasteiger partial charge in [0.05, 0.1) is 25.3 Å². The van der Waals surface area contributed by atoms with Crippen molar-refractivity contribution in [3.8, 4) is 0 Å². The summed E-state index contributed by atoms with van der Waals surface area (Å²) in [5, 5.41) is 7.73. The monoisotopic (exact) mass is 517 g/mol. The Kier molecular flexibility index (Phi) is 9.67. The molecule has 0 saturated carbocycles. The molecular weight excluding hydrogens is 481 g/mol. The SMILES string of the molecule is CCNC(=NCCn1cc(C)cn1)N1CCN(C(C)C(=O)N2CCCC2)CC1.I. The molecular formula is C20H36IN7O. The smallest absolute Gasteiger partial charge is 0.239 e. The Hall–Kier alpha value is -1.36. The van der Waals surface area contributed by atoms with Crippen LogP contribution in [0.2, 0.25) is 0 Å². The van der Waals surface area contributed by atoms with Gasteiger partial charge in [-0.05, 0) is 39.2 Å². The first kappa shape index (κ1) is 23.9. The Balaban J connectivity index is 0.00000300. The van der Waals surface area contributed by atoms with Crippen LogP contribution < -0.4 is 5.32 Å². The molecule has 29 heavy (non-hydrogen) atoms. The Bertz CT molecular complexity index is 664. The molecule has 8 nitrogen and oxygen atoms in total. The number of carbonyl (C=O) groups is 1. The highest BCUT2D eigenvalue weighted by Gasteiger charge is 2.30. The first-order valence-electron chi connectivity index (χ1n) is 10.6. The zero-order valence-electron chi connectivity index (χ0n) is 18.0. The maximum Gasteiger partial charge on any atom is 0.239 e. The number of nitrogens with one attached hydrogen (secondary N) is 1. The second-order valence-corrected chi connectivity index (χ2v) is 7.75. The molecule has 2 saturated heterocycles. The summed E-state index contributed by atoms with van der Waals surface area (Å²) in [5.41, 5.74) is 1.17. The van der Waals surface area contributed by atoms with Crippen molar-refractivity contribution in [1.29, 1.82) is 0 Å². The fourth-order valence-corrected chi connectivity index (χ4v) is 3.95. The summed E-state index contributed by atoms with van der Waals surface area (Å²) < 4.78 is 1.94. The lowest BCUT2D eigenvalue weighted by atomic mass is 10.2. The quantitative estimate of drug-likeness (QED) is 0.351. The van der Waals surface area contributed by atoms with Gasteiger partial charge >= 0.3 is 0 Å². The Labute approximate surface area is 191 Å². The first-order valence-corrected chi connectivity index (χ1v) is 10.6. The Morgan fingerprint density at radius 2 is 1.86 bits per heavy atom. The molecule has 0 aliphatic carbocycles. The molecule has 1 N–H and O–H groups in total. The zero-order chi connectivity index (χ0) is 19.9. The van der Waals surface area contributed by atoms with Gasteiger partial charge in [0.25, 0.3) is 0 Å². The van der Waals surface area contributed by atoms with Crippen molar-refractivity contribution in [2.24, 2.45) is 4.99 Å². The zero-order valence-corrected chi connectivity index (χ0v) is 20.3. The summed E-state index contributed by atoms with van der Waals surface area (Å²) in [4.78, 5) is 24.1. The summed E-state index contributed by atoms with van der Waals surface area (Å²) in [7, 11) is 0. The lowest BCUT2D eigenvalue weighted by Crippen LogP contribution is -2.57. The highest BCUT2D eigenvalue weighted by Crippen LogP contribution is 2.14. The van der Waals surface area contributed by atoms with Crippen LogP contribution in [0, 0.1) is 6.92 Å². The number of guanidine groups is 1. The third-order valence-electron chi connectivity index (χ3n) is 5.62. The molecule has 1 amide bonds. The van der Waals surface area contributed by atoms with Gasteiger partial charge in [0, 0.05) is 52.0 Å². The summed E-state index contributed by atoms with van der Waals surface area (Å²) in [6, 6.07) is -0.0252. The van der Waals surface area contributed by atoms with E-state index in [1.807, 2.05) is 28.9 Å². The van der Waals surface area contributed by atoms with E-state index in [0.717, 1.165) is 71.2 Å². The highest BCUT2D eigenvalue weighted by molar-refractivity contribution is 14.0. The van der Waals surface area contributed by atoms with Gasteiger partial charge in [-0.25, -0.2) is 0 Å². The number of amides is 1. The number of hydrogen-bond donors (Lipinski definition) is 1. The fraction of sp³-hybridized carbons (Fsp3) is 0.750. The first-order chi connectivity index (χ1) is 13.6. The number of nitrogens with zero attached hydrogens (tertiary/aromatic N) is 6. The molecule has 1 atom stereocenters. The van der Waals surface area contributed by atoms with Gasteiger partial charge in [-0.15, -0.1) is 24.0 Å². The van der Waals surface area contributed by atoms with Crippen molar-refractivity contribution in [3.05, 3.63) is 18.0 Å². The van der Waals surface area contributed by atoms with Gasteiger partial charge in [-0.3, -0.25) is 19.4 Å². The number of piperazine rings is 1. The number of aryl methyl sites for hydroxylation is 1. The Morgan fingerprint density at radius 3 is 2.45 bits per heavy atom. The number of aromatic nitrogens is 2. The van der Waals surface area contributed by atoms with Crippen LogP contribution in [0.1, 0.15) is 32.3 Å². The van der Waals surface area contributed by atoms with Crippen LogP contribution >= 0.6 is 24.0 Å². The lowest BCUT2D eigenvalue weighted by Gasteiger charge is -2.39. The Morgan fingerprint density at radius 1 is 1.17 bits per heavy atom. The van der Waals surface area contributed by atoms with Gasteiger partial charge in [0.15, 0.2) is 5.96 Å². The molecule has 0 aromatic carbocycles. The molecule has 9 heteroatoms. The van der Waals surface area contributed by atoms with E-state index in [1.165, 1.54) is 5.56 Å². The molecule has 0 bridgehead atoms. The molecule has 0 radical (unpaired) electrons. The minimum atomic E-state index is -0.0252. The van der Waals surface area contributed by atoms with Crippen molar-refractivity contribution in [1.82, 2.24) is 29.8 Å². The van der Waals surface area contributed by atoms with E-state index in [2.05, 4.69) is 34.1 Å². The maximum atomic E-state index is 12.7. The fourth-order valence-electron chi connectivity index (χ4n) is 3.95. The third kappa shape index (κ3) is 6.56. The van der Waals surface area contributed by atoms with Crippen LogP contribution in [0.25, 0.3) is 0 Å². The predicted molar refractivity (Wildman–Crippen MR) is 127 cm³/mol. The number of carbonyl (C=O) groups excluding carboxylic acids is 1. The second kappa shape index (κ2) is 11.7. The van der Waals surface area contributed by atoms with Gasteiger partial charge in [-0.1, -0.05) is 0 Å². The van der Waals surface area contributed by atoms with Crippen molar-refractivity contribution >= 4 is 35.8 Å². The molecule has 2 fully saturated rings. The van der Waals surface area contributed by atoms with E-state index in [4.69, 9.17) is 4.99 Å². The standard InChI is InChI=1S/C20H35N7O.HI/c1-4-21-20(22-7-10-27-16-17(2)15-23-27)26-13-11-24(12-14-26)18(3)19(28)25-8-5-6-9-25;/h15-16,18H,4-14H2,1-3H3,(H,21,22);1H. The summed E-state index contributed by atoms with van der Waals surface area (Å²) in [6.07, 6.45) is 6.21. The molecule has 0 spiro atoms. The third-order valence-corrected chi connectivity index (χ3v) is 5.62. The van der Waals surface area contributed by atoms with E-state index in [1.54, 1.807) is 0 Å². The van der Waals surface area contributed by atoms with E-state index in [0.29, 0.717) is 12.5 Å². The van der Waals surface area contributed by atoms with Crippen LogP contribution in [0.5, 0.6) is 0 Å². The highest BCUT2D eigenvalue weighted by atomic mass is 127. The topological polar surface area (TPSA) is 69.0 Å². The summed E-state index contributed by atoms with van der Waals surface area (Å²) in [6.45, 7) is 14.0. The minimum Gasteiger partial charge on any atom is -0.357 e. The molecule has 1 aromatic rings. The van der Waals surface area contributed by atoms with Crippen LogP contribution in [0.3, 0.4) is 0 Å². The maximum absolute atomic E-state index is 12.7. The minimum absolute atomic E-state index is 0. The second-order valence-electron chi connectivity index (χ2n) is 7.75. The van der Waals surface area contributed by atoms with Crippen LogP contribution in [0.15, 0.2) is 17.4 Å². The van der Waals surface area contributed by atoms with Gasteiger partial charge in [0.1, 0.15) is 0 Å². The summed E-state index contributed by atoms with van der Waals surface area (Å²) >= 11 is 0. The van der Waals surface area contributed by atoms with E-state index < -0.39 is 0 Å². The lowest BCUT2D eigenvalue weighted by molar-refractivity contribution is -0.135. The molecule has 164 valence electrons. The molecule has 3 heterocycles. The van der Waals surface area contributed by atoms with Crippen molar-refractivity contribution in [2.45, 2.75) is 46.2 Å². The predicted octanol–water partition coefficient (Wildman–Crippen LogP) is 1.40. The van der Waals surface area contributed by atoms with E-state index in [9.17, 15) is 4.79 Å². The largest absolute Gasteiger partial charge is 0.357 e. The average molecular weight is 517 g/mol. The van der Waals surface area contributed by atoms with Crippen LogP contribution in [0.4, 0.5) is 0 Å². The number of halogens is 1. The number of aliphatic imine (C=N–C) groups is 1. The summed E-state index contributed by atoms with van der Waals surface area (Å²) in [5.74, 6) is 1.26.